The Hall–Kier alpha value is -4.90. The number of carbonyl (C=O) groups is 1. The Balaban J connectivity index is 1.33. The van der Waals surface area contributed by atoms with E-state index in [-0.39, 0.29) is 33.7 Å². The molecule has 0 saturated heterocycles. The van der Waals surface area contributed by atoms with E-state index in [0.29, 0.717) is 21.3 Å². The fourth-order valence-electron chi connectivity index (χ4n) is 4.18. The molecule has 39 heavy (non-hydrogen) atoms. The first-order valence-corrected chi connectivity index (χ1v) is 12.3. The third-order valence-corrected chi connectivity index (χ3v) is 6.50. The Labute approximate surface area is 227 Å². The van der Waals surface area contributed by atoms with Gasteiger partial charge in [0.15, 0.2) is 11.6 Å². The van der Waals surface area contributed by atoms with Gasteiger partial charge in [-0.25, -0.2) is 18.7 Å². The molecule has 6 aromatic rings. The minimum Gasteiger partial charge on any atom is -0.453 e. The van der Waals surface area contributed by atoms with Gasteiger partial charge in [-0.2, -0.15) is 0 Å². The van der Waals surface area contributed by atoms with Gasteiger partial charge >= 0.3 is 0 Å². The lowest BCUT2D eigenvalue weighted by atomic mass is 10.1. The van der Waals surface area contributed by atoms with E-state index in [1.807, 2.05) is 0 Å². The maximum absolute atomic E-state index is 14.9. The van der Waals surface area contributed by atoms with E-state index in [1.165, 1.54) is 53.5 Å². The van der Waals surface area contributed by atoms with Gasteiger partial charge in [-0.1, -0.05) is 15.9 Å². The van der Waals surface area contributed by atoms with Crippen molar-refractivity contribution in [2.24, 2.45) is 0 Å². The van der Waals surface area contributed by atoms with Gasteiger partial charge in [-0.3, -0.25) is 14.2 Å². The van der Waals surface area contributed by atoms with Gasteiger partial charge in [0, 0.05) is 41.0 Å². The number of nitrogens with zero attached hydrogens (tertiary/aromatic N) is 3. The number of carbonyl (C=O) groups excluding carboxylic acids is 1. The largest absolute Gasteiger partial charge is 0.453 e. The summed E-state index contributed by atoms with van der Waals surface area (Å²) in [5, 5.41) is 3.34. The number of halogens is 3. The molecule has 0 spiro atoms. The van der Waals surface area contributed by atoms with Crippen molar-refractivity contribution >= 4 is 49.6 Å². The lowest BCUT2D eigenvalue weighted by molar-refractivity contribution is 0.102. The van der Waals surface area contributed by atoms with Crippen LogP contribution in [0.5, 0.6) is 11.5 Å². The number of aromatic nitrogens is 4. The van der Waals surface area contributed by atoms with E-state index < -0.39 is 23.0 Å². The SMILES string of the molecule is O=C(Nc1ccc(Oc2ccnc3[nH]ccc23)c(F)c1)c1cn(-c2ccc(Br)cc2F)c2ncccc2c1=O. The first-order chi connectivity index (χ1) is 18.9. The lowest BCUT2D eigenvalue weighted by Gasteiger charge is -2.14. The molecule has 192 valence electrons. The molecule has 0 aliphatic carbocycles. The molecule has 0 atom stereocenters. The number of hydrogen-bond donors (Lipinski definition) is 2. The van der Waals surface area contributed by atoms with Gasteiger partial charge in [0.05, 0.1) is 16.5 Å². The monoisotopic (exact) mass is 587 g/mol. The van der Waals surface area contributed by atoms with Crippen molar-refractivity contribution in [3.63, 3.8) is 0 Å². The van der Waals surface area contributed by atoms with E-state index in [1.54, 1.807) is 30.5 Å². The molecule has 0 unspecified atom stereocenters. The third kappa shape index (κ3) is 4.53. The zero-order valence-corrected chi connectivity index (χ0v) is 21.4. The van der Waals surface area contributed by atoms with Crippen LogP contribution in [-0.4, -0.2) is 25.4 Å². The summed E-state index contributed by atoms with van der Waals surface area (Å²) in [5.41, 5.74) is 0.0919. The molecule has 6 rings (SSSR count). The fraction of sp³-hybridized carbons (Fsp3) is 0. The highest BCUT2D eigenvalue weighted by Crippen LogP contribution is 2.31. The van der Waals surface area contributed by atoms with Gasteiger partial charge in [-0.05, 0) is 54.6 Å². The van der Waals surface area contributed by atoms with E-state index >= 15 is 0 Å². The van der Waals surface area contributed by atoms with Crippen molar-refractivity contribution in [3.05, 3.63) is 117 Å². The van der Waals surface area contributed by atoms with E-state index in [9.17, 15) is 18.4 Å². The van der Waals surface area contributed by atoms with Gasteiger partial charge in [0.1, 0.15) is 28.4 Å². The first-order valence-electron chi connectivity index (χ1n) is 11.6. The zero-order chi connectivity index (χ0) is 27.1. The summed E-state index contributed by atoms with van der Waals surface area (Å²) in [6.45, 7) is 0. The summed E-state index contributed by atoms with van der Waals surface area (Å²) >= 11 is 3.22. The predicted molar refractivity (Wildman–Crippen MR) is 146 cm³/mol. The standard InChI is InChI=1S/C28H16BrF2N5O3/c29-15-3-5-22(20(30)12-15)36-14-19(25(37)18-2-1-9-34-27(18)36)28(38)35-16-4-6-24(21(31)13-16)39-23-8-11-33-26-17(23)7-10-32-26/h1-14H,(H,32,33)(H,35,38). The number of pyridine rings is 3. The minimum absolute atomic E-state index is 0.0634. The Morgan fingerprint density at radius 3 is 2.64 bits per heavy atom. The summed E-state index contributed by atoms with van der Waals surface area (Å²) in [7, 11) is 0. The van der Waals surface area contributed by atoms with Crippen LogP contribution in [0.3, 0.4) is 0 Å². The van der Waals surface area contributed by atoms with Gasteiger partial charge < -0.3 is 15.0 Å². The summed E-state index contributed by atoms with van der Waals surface area (Å²) in [6.07, 6.45) is 5.92. The van der Waals surface area contributed by atoms with Crippen molar-refractivity contribution in [3.8, 4) is 17.2 Å². The summed E-state index contributed by atoms with van der Waals surface area (Å²) < 4.78 is 37.4. The molecule has 0 radical (unpaired) electrons. The van der Waals surface area contributed by atoms with Crippen molar-refractivity contribution < 1.29 is 18.3 Å². The molecular weight excluding hydrogens is 572 g/mol. The maximum Gasteiger partial charge on any atom is 0.261 e. The number of ether oxygens (including phenoxy) is 1. The molecular formula is C28H16BrF2N5O3. The number of rotatable bonds is 5. The quantitative estimate of drug-likeness (QED) is 0.245. The van der Waals surface area contributed by atoms with Crippen molar-refractivity contribution in [1.82, 2.24) is 19.5 Å². The number of fused-ring (bicyclic) bond motifs is 2. The second-order valence-electron chi connectivity index (χ2n) is 8.46. The number of hydrogen-bond acceptors (Lipinski definition) is 5. The topological polar surface area (TPSA) is 102 Å². The summed E-state index contributed by atoms with van der Waals surface area (Å²) in [6, 6.07) is 14.7. The highest BCUT2D eigenvalue weighted by atomic mass is 79.9. The molecule has 4 aromatic heterocycles. The summed E-state index contributed by atoms with van der Waals surface area (Å²) in [4.78, 5) is 37.7. The van der Waals surface area contributed by atoms with Crippen molar-refractivity contribution in [2.75, 3.05) is 5.32 Å². The number of aromatic amines is 1. The Bertz CT molecular complexity index is 1970. The van der Waals surface area contributed by atoms with Crippen LogP contribution in [0.25, 0.3) is 27.8 Å². The second kappa shape index (κ2) is 9.76. The molecule has 8 nitrogen and oxygen atoms in total. The molecule has 0 saturated carbocycles. The van der Waals surface area contributed by atoms with Crippen LogP contribution in [0.4, 0.5) is 14.5 Å². The maximum atomic E-state index is 14.9. The normalized spacial score (nSPS) is 11.2. The third-order valence-electron chi connectivity index (χ3n) is 6.01. The molecule has 1 amide bonds. The first kappa shape index (κ1) is 24.4. The second-order valence-corrected chi connectivity index (χ2v) is 9.38. The van der Waals surface area contributed by atoms with E-state index in [4.69, 9.17) is 4.74 Å². The van der Waals surface area contributed by atoms with Crippen LogP contribution in [-0.2, 0) is 0 Å². The predicted octanol–water partition coefficient (Wildman–Crippen LogP) is 6.35. The highest BCUT2D eigenvalue weighted by molar-refractivity contribution is 9.10. The Morgan fingerprint density at radius 1 is 0.949 bits per heavy atom. The molecule has 4 heterocycles. The molecule has 0 aliphatic rings. The van der Waals surface area contributed by atoms with Crippen molar-refractivity contribution in [2.45, 2.75) is 0 Å². The van der Waals surface area contributed by atoms with Gasteiger partial charge in [0.2, 0.25) is 5.43 Å². The average molecular weight is 588 g/mol. The molecule has 0 fully saturated rings. The van der Waals surface area contributed by atoms with Crippen LogP contribution >= 0.6 is 15.9 Å². The Morgan fingerprint density at radius 2 is 1.82 bits per heavy atom. The minimum atomic E-state index is -0.798. The number of benzene rings is 2. The molecule has 0 aliphatic heterocycles. The number of nitrogens with one attached hydrogen (secondary N) is 2. The van der Waals surface area contributed by atoms with E-state index in [2.05, 4.69) is 36.2 Å². The van der Waals surface area contributed by atoms with Gasteiger partial charge in [-0.15, -0.1) is 0 Å². The number of anilines is 1. The fourth-order valence-corrected chi connectivity index (χ4v) is 4.52. The average Bonchev–Trinajstić information content (AvgIpc) is 3.41. The Kier molecular flexibility index (Phi) is 6.12. The highest BCUT2D eigenvalue weighted by Gasteiger charge is 2.19. The van der Waals surface area contributed by atoms with Crippen LogP contribution in [0.2, 0.25) is 0 Å². The zero-order valence-electron chi connectivity index (χ0n) is 19.8. The van der Waals surface area contributed by atoms with E-state index in [0.717, 1.165) is 6.07 Å². The molecule has 2 aromatic carbocycles. The molecule has 0 bridgehead atoms. The van der Waals surface area contributed by atoms with Crippen LogP contribution < -0.4 is 15.5 Å². The van der Waals surface area contributed by atoms with Crippen LogP contribution in [0.1, 0.15) is 10.4 Å². The smallest absolute Gasteiger partial charge is 0.261 e. The lowest BCUT2D eigenvalue weighted by Crippen LogP contribution is -2.24. The van der Waals surface area contributed by atoms with Crippen LogP contribution in [0, 0.1) is 11.6 Å². The van der Waals surface area contributed by atoms with Crippen LogP contribution in [0.15, 0.2) is 94.7 Å². The molecule has 2 N–H and O–H groups in total. The van der Waals surface area contributed by atoms with Crippen molar-refractivity contribution in [1.29, 1.82) is 0 Å². The molecule has 11 heteroatoms. The summed E-state index contributed by atoms with van der Waals surface area (Å²) in [5.74, 6) is -1.78. The number of H-pyrrole nitrogens is 1. The number of amides is 1. The van der Waals surface area contributed by atoms with Gasteiger partial charge in [0.25, 0.3) is 5.91 Å².